The van der Waals surface area contributed by atoms with Crippen molar-refractivity contribution < 1.29 is 18.9 Å². The summed E-state index contributed by atoms with van der Waals surface area (Å²) in [4.78, 5) is 32.6. The molecular weight excluding hydrogens is 269 g/mol. The van der Waals surface area contributed by atoms with Gasteiger partial charge in [-0.3, -0.25) is 19.7 Å². The van der Waals surface area contributed by atoms with Gasteiger partial charge in [0.2, 0.25) is 11.7 Å². The molecule has 1 aromatic carbocycles. The van der Waals surface area contributed by atoms with Crippen LogP contribution in [0.15, 0.2) is 18.2 Å². The summed E-state index contributed by atoms with van der Waals surface area (Å²) in [6.45, 7) is 3.27. The maximum Gasteiger partial charge on any atom is 0.305 e. The van der Waals surface area contributed by atoms with Gasteiger partial charge in [0.05, 0.1) is 11.5 Å². The Hall–Kier alpha value is -2.51. The number of nitro groups is 1. The van der Waals surface area contributed by atoms with E-state index >= 15 is 0 Å². The van der Waals surface area contributed by atoms with Gasteiger partial charge in [-0.1, -0.05) is 0 Å². The van der Waals surface area contributed by atoms with E-state index < -0.39 is 22.3 Å². The van der Waals surface area contributed by atoms with Crippen molar-refractivity contribution in [1.82, 2.24) is 10.6 Å². The highest BCUT2D eigenvalue weighted by molar-refractivity contribution is 5.97. The minimum Gasteiger partial charge on any atom is -0.352 e. The summed E-state index contributed by atoms with van der Waals surface area (Å²) < 4.78 is 13.1. The maximum atomic E-state index is 13.1. The Balaban J connectivity index is 2.71. The van der Waals surface area contributed by atoms with Crippen LogP contribution in [0.2, 0.25) is 0 Å². The van der Waals surface area contributed by atoms with E-state index in [1.165, 1.54) is 0 Å². The molecule has 0 saturated carbocycles. The predicted molar refractivity (Wildman–Crippen MR) is 68.7 cm³/mol. The summed E-state index contributed by atoms with van der Waals surface area (Å²) in [5.41, 5.74) is -0.875. The number of amides is 2. The van der Waals surface area contributed by atoms with Crippen molar-refractivity contribution in [2.24, 2.45) is 0 Å². The van der Waals surface area contributed by atoms with E-state index in [2.05, 4.69) is 10.6 Å². The minimum absolute atomic E-state index is 0.0636. The number of hydrogen-bond donors (Lipinski definition) is 2. The smallest absolute Gasteiger partial charge is 0.305 e. The first-order valence-electron chi connectivity index (χ1n) is 5.82. The van der Waals surface area contributed by atoms with Crippen LogP contribution in [-0.4, -0.2) is 29.3 Å². The molecule has 0 atom stereocenters. The van der Waals surface area contributed by atoms with Crippen LogP contribution >= 0.6 is 0 Å². The first-order chi connectivity index (χ1) is 9.31. The van der Waals surface area contributed by atoms with Crippen LogP contribution in [0.5, 0.6) is 0 Å². The van der Waals surface area contributed by atoms with Crippen molar-refractivity contribution >= 4 is 17.5 Å². The van der Waals surface area contributed by atoms with Gasteiger partial charge in [0.15, 0.2) is 0 Å². The second-order valence-corrected chi connectivity index (χ2v) is 4.33. The van der Waals surface area contributed by atoms with E-state index in [1.54, 1.807) is 13.8 Å². The lowest BCUT2D eigenvalue weighted by Crippen LogP contribution is -2.39. The van der Waals surface area contributed by atoms with Crippen molar-refractivity contribution in [3.63, 3.8) is 0 Å². The molecule has 0 aliphatic carbocycles. The second-order valence-electron chi connectivity index (χ2n) is 4.33. The number of benzene rings is 1. The molecule has 8 heteroatoms. The van der Waals surface area contributed by atoms with Gasteiger partial charge < -0.3 is 10.6 Å². The SMILES string of the molecule is CC(C)NC(=O)CNC(=O)c1ccc(F)c([N+](=O)[O-])c1. The Morgan fingerprint density at radius 2 is 2.05 bits per heavy atom. The van der Waals surface area contributed by atoms with Crippen LogP contribution in [0.4, 0.5) is 10.1 Å². The summed E-state index contributed by atoms with van der Waals surface area (Å²) in [5.74, 6) is -2.10. The van der Waals surface area contributed by atoms with Crippen LogP contribution in [0.1, 0.15) is 24.2 Å². The zero-order valence-corrected chi connectivity index (χ0v) is 11.0. The summed E-state index contributed by atoms with van der Waals surface area (Å²) in [6, 6.07) is 2.70. The Kier molecular flexibility index (Phi) is 5.13. The van der Waals surface area contributed by atoms with E-state index in [0.29, 0.717) is 0 Å². The van der Waals surface area contributed by atoms with Gasteiger partial charge in [0.1, 0.15) is 0 Å². The molecule has 0 fully saturated rings. The number of nitrogens with zero attached hydrogens (tertiary/aromatic N) is 1. The van der Waals surface area contributed by atoms with Crippen LogP contribution in [-0.2, 0) is 4.79 Å². The molecule has 1 aromatic rings. The highest BCUT2D eigenvalue weighted by Gasteiger charge is 2.17. The Morgan fingerprint density at radius 3 is 2.60 bits per heavy atom. The first kappa shape index (κ1) is 15.5. The van der Waals surface area contributed by atoms with E-state index in [4.69, 9.17) is 0 Å². The van der Waals surface area contributed by atoms with Gasteiger partial charge in [0.25, 0.3) is 5.91 Å². The Bertz CT molecular complexity index is 546. The van der Waals surface area contributed by atoms with Crippen molar-refractivity contribution in [3.8, 4) is 0 Å². The van der Waals surface area contributed by atoms with Crippen molar-refractivity contribution in [1.29, 1.82) is 0 Å². The molecule has 0 radical (unpaired) electrons. The van der Waals surface area contributed by atoms with E-state index in [0.717, 1.165) is 18.2 Å². The topological polar surface area (TPSA) is 101 Å². The van der Waals surface area contributed by atoms with Crippen molar-refractivity contribution in [2.45, 2.75) is 19.9 Å². The lowest BCUT2D eigenvalue weighted by molar-refractivity contribution is -0.387. The van der Waals surface area contributed by atoms with Crippen LogP contribution in [0.3, 0.4) is 0 Å². The molecule has 0 spiro atoms. The molecule has 20 heavy (non-hydrogen) atoms. The summed E-state index contributed by atoms with van der Waals surface area (Å²) in [7, 11) is 0. The molecule has 0 aromatic heterocycles. The fourth-order valence-corrected chi connectivity index (χ4v) is 1.43. The van der Waals surface area contributed by atoms with Gasteiger partial charge >= 0.3 is 5.69 Å². The number of rotatable bonds is 5. The molecular formula is C12H14FN3O4. The molecule has 0 saturated heterocycles. The van der Waals surface area contributed by atoms with Crippen molar-refractivity contribution in [3.05, 3.63) is 39.7 Å². The van der Waals surface area contributed by atoms with Crippen LogP contribution in [0, 0.1) is 15.9 Å². The molecule has 0 aliphatic rings. The predicted octanol–water partition coefficient (Wildman–Crippen LogP) is 0.988. The quantitative estimate of drug-likeness (QED) is 0.621. The summed E-state index contributed by atoms with van der Waals surface area (Å²) >= 11 is 0. The third-order valence-electron chi connectivity index (χ3n) is 2.26. The van der Waals surface area contributed by atoms with Gasteiger partial charge in [-0.2, -0.15) is 4.39 Å². The molecule has 0 unspecified atom stereocenters. The summed E-state index contributed by atoms with van der Waals surface area (Å²) in [6.07, 6.45) is 0. The third-order valence-corrected chi connectivity index (χ3v) is 2.26. The second kappa shape index (κ2) is 6.60. The van der Waals surface area contributed by atoms with E-state index in [-0.39, 0.29) is 24.1 Å². The largest absolute Gasteiger partial charge is 0.352 e. The average Bonchev–Trinajstić information content (AvgIpc) is 2.35. The first-order valence-corrected chi connectivity index (χ1v) is 5.82. The number of carbonyl (C=O) groups excluding carboxylic acids is 2. The number of nitrogens with one attached hydrogen (secondary N) is 2. The van der Waals surface area contributed by atoms with E-state index in [9.17, 15) is 24.1 Å². The van der Waals surface area contributed by atoms with Crippen LogP contribution in [0.25, 0.3) is 0 Å². The molecule has 2 N–H and O–H groups in total. The van der Waals surface area contributed by atoms with Crippen LogP contribution < -0.4 is 10.6 Å². The molecule has 0 bridgehead atoms. The molecule has 108 valence electrons. The highest BCUT2D eigenvalue weighted by atomic mass is 19.1. The van der Waals surface area contributed by atoms with Gasteiger partial charge in [-0.05, 0) is 26.0 Å². The van der Waals surface area contributed by atoms with Gasteiger partial charge in [0, 0.05) is 17.7 Å². The standard InChI is InChI=1S/C12H14FN3O4/c1-7(2)15-11(17)6-14-12(18)8-3-4-9(13)10(5-8)16(19)20/h3-5,7H,6H2,1-2H3,(H,14,18)(H,15,17). The zero-order valence-electron chi connectivity index (χ0n) is 11.0. The lowest BCUT2D eigenvalue weighted by Gasteiger charge is -2.09. The maximum absolute atomic E-state index is 13.1. The molecule has 2 amide bonds. The normalized spacial score (nSPS) is 10.2. The number of carbonyl (C=O) groups is 2. The fourth-order valence-electron chi connectivity index (χ4n) is 1.43. The Labute approximate surface area is 114 Å². The molecule has 0 aliphatic heterocycles. The molecule has 1 rings (SSSR count). The zero-order chi connectivity index (χ0) is 15.3. The van der Waals surface area contributed by atoms with Crippen molar-refractivity contribution in [2.75, 3.05) is 6.54 Å². The number of hydrogen-bond acceptors (Lipinski definition) is 4. The average molecular weight is 283 g/mol. The molecule has 0 heterocycles. The lowest BCUT2D eigenvalue weighted by atomic mass is 10.2. The monoisotopic (exact) mass is 283 g/mol. The van der Waals surface area contributed by atoms with Gasteiger partial charge in [-0.15, -0.1) is 0 Å². The summed E-state index contributed by atoms with van der Waals surface area (Å²) in [5, 5.41) is 15.4. The van der Waals surface area contributed by atoms with E-state index in [1.807, 2.05) is 0 Å². The fraction of sp³-hybridized carbons (Fsp3) is 0.333. The highest BCUT2D eigenvalue weighted by Crippen LogP contribution is 2.18. The molecule has 7 nitrogen and oxygen atoms in total. The number of halogens is 1. The Morgan fingerprint density at radius 1 is 1.40 bits per heavy atom. The number of nitro benzene ring substituents is 1. The minimum atomic E-state index is -1.02. The third kappa shape index (κ3) is 4.30. The van der Waals surface area contributed by atoms with Gasteiger partial charge in [-0.25, -0.2) is 0 Å².